The van der Waals surface area contributed by atoms with Crippen molar-refractivity contribution in [3.05, 3.63) is 40.1 Å². The van der Waals surface area contributed by atoms with Gasteiger partial charge in [-0.05, 0) is 32.8 Å². The lowest BCUT2D eigenvalue weighted by Gasteiger charge is -2.22. The van der Waals surface area contributed by atoms with Gasteiger partial charge in [-0.25, -0.2) is 0 Å². The number of carbonyl (C=O) groups excluding carboxylic acids is 1. The van der Waals surface area contributed by atoms with Crippen LogP contribution in [0.3, 0.4) is 0 Å². The molecule has 0 radical (unpaired) electrons. The maximum absolute atomic E-state index is 12.5. The van der Waals surface area contributed by atoms with E-state index in [0.29, 0.717) is 23.0 Å². The number of amides is 1. The number of fused-ring (bicyclic) bond motifs is 1. The summed E-state index contributed by atoms with van der Waals surface area (Å²) in [6.07, 6.45) is 4.54. The predicted octanol–water partition coefficient (Wildman–Crippen LogP) is 3.27. The molecule has 0 saturated heterocycles. The highest BCUT2D eigenvalue weighted by molar-refractivity contribution is 6.33. The molecule has 1 amide bonds. The molecular weight excluding hydrogens is 290 g/mol. The van der Waals surface area contributed by atoms with E-state index < -0.39 is 0 Å². The van der Waals surface area contributed by atoms with Crippen LogP contribution in [0.15, 0.2) is 16.7 Å². The van der Waals surface area contributed by atoms with Crippen LogP contribution in [0.1, 0.15) is 53.2 Å². The number of halogens is 1. The number of hydrogen-bond donors (Lipinski definition) is 1. The molecule has 0 aliphatic heterocycles. The molecule has 1 aliphatic carbocycles. The van der Waals surface area contributed by atoms with Crippen LogP contribution in [0.2, 0.25) is 5.15 Å². The largest absolute Gasteiger partial charge is 0.469 e. The fourth-order valence-corrected chi connectivity index (χ4v) is 3.27. The standard InChI is InChI=1S/C15H18ClN3O2/c1-3-19-14(16)13(9(2)18-19)15(20)17-11-5-4-6-12-10(11)7-8-21-12/h7-8,11H,3-6H2,1-2H3,(H,17,20)/t11-/m0/s1. The van der Waals surface area contributed by atoms with Gasteiger partial charge in [-0.2, -0.15) is 5.10 Å². The number of carbonyl (C=O) groups is 1. The Labute approximate surface area is 128 Å². The van der Waals surface area contributed by atoms with Crippen molar-refractivity contribution in [2.24, 2.45) is 0 Å². The Kier molecular flexibility index (Phi) is 3.76. The molecule has 2 heterocycles. The second-order valence-corrected chi connectivity index (χ2v) is 5.64. The summed E-state index contributed by atoms with van der Waals surface area (Å²) in [5.41, 5.74) is 2.20. The Morgan fingerprint density at radius 2 is 2.43 bits per heavy atom. The number of nitrogens with zero attached hydrogens (tertiary/aromatic N) is 2. The van der Waals surface area contributed by atoms with Crippen molar-refractivity contribution in [1.29, 1.82) is 0 Å². The van der Waals surface area contributed by atoms with Crippen LogP contribution in [0.4, 0.5) is 0 Å². The van der Waals surface area contributed by atoms with Crippen LogP contribution in [-0.4, -0.2) is 15.7 Å². The van der Waals surface area contributed by atoms with E-state index in [9.17, 15) is 4.79 Å². The van der Waals surface area contributed by atoms with Gasteiger partial charge in [-0.1, -0.05) is 11.6 Å². The Morgan fingerprint density at radius 1 is 1.62 bits per heavy atom. The summed E-state index contributed by atoms with van der Waals surface area (Å²) in [6.45, 7) is 4.39. The van der Waals surface area contributed by atoms with Crippen LogP contribution in [-0.2, 0) is 13.0 Å². The lowest BCUT2D eigenvalue weighted by atomic mass is 9.93. The summed E-state index contributed by atoms with van der Waals surface area (Å²) < 4.78 is 7.08. The maximum atomic E-state index is 12.5. The molecule has 0 unspecified atom stereocenters. The van der Waals surface area contributed by atoms with E-state index in [1.54, 1.807) is 17.9 Å². The zero-order valence-electron chi connectivity index (χ0n) is 12.1. The topological polar surface area (TPSA) is 60.1 Å². The van der Waals surface area contributed by atoms with Gasteiger partial charge in [-0.3, -0.25) is 9.48 Å². The first-order valence-corrected chi connectivity index (χ1v) is 7.59. The molecule has 3 rings (SSSR count). The SMILES string of the molecule is CCn1nc(C)c(C(=O)N[C@H]2CCCc3occc32)c1Cl. The minimum Gasteiger partial charge on any atom is -0.469 e. The van der Waals surface area contributed by atoms with Crippen LogP contribution < -0.4 is 5.32 Å². The van der Waals surface area contributed by atoms with Crippen molar-refractivity contribution < 1.29 is 9.21 Å². The van der Waals surface area contributed by atoms with Crippen molar-refractivity contribution in [2.45, 2.75) is 45.7 Å². The lowest BCUT2D eigenvalue weighted by molar-refractivity contribution is 0.0931. The van der Waals surface area contributed by atoms with Crippen LogP contribution in [0.5, 0.6) is 0 Å². The summed E-state index contributed by atoms with van der Waals surface area (Å²) in [5, 5.41) is 7.74. The van der Waals surface area contributed by atoms with Gasteiger partial charge in [0.1, 0.15) is 10.9 Å². The Balaban J connectivity index is 1.84. The van der Waals surface area contributed by atoms with E-state index in [2.05, 4.69) is 10.4 Å². The molecule has 6 heteroatoms. The van der Waals surface area contributed by atoms with Gasteiger partial charge in [0.25, 0.3) is 5.91 Å². The number of hydrogen-bond acceptors (Lipinski definition) is 3. The summed E-state index contributed by atoms with van der Waals surface area (Å²) in [6, 6.07) is 1.92. The molecule has 0 bridgehead atoms. The third kappa shape index (κ3) is 2.46. The van der Waals surface area contributed by atoms with E-state index in [1.807, 2.05) is 13.0 Å². The van der Waals surface area contributed by atoms with Crippen molar-refractivity contribution in [2.75, 3.05) is 0 Å². The molecule has 1 N–H and O–H groups in total. The first-order chi connectivity index (χ1) is 10.1. The minimum atomic E-state index is -0.170. The third-order valence-corrected chi connectivity index (χ3v) is 4.33. The molecule has 1 atom stereocenters. The molecule has 21 heavy (non-hydrogen) atoms. The van der Waals surface area contributed by atoms with Gasteiger partial charge in [0.2, 0.25) is 0 Å². The van der Waals surface area contributed by atoms with Gasteiger partial charge in [-0.15, -0.1) is 0 Å². The Hall–Kier alpha value is -1.75. The number of rotatable bonds is 3. The van der Waals surface area contributed by atoms with Crippen LogP contribution in [0.25, 0.3) is 0 Å². The van der Waals surface area contributed by atoms with Crippen molar-refractivity contribution in [3.8, 4) is 0 Å². The average Bonchev–Trinajstić information content (AvgIpc) is 3.04. The Morgan fingerprint density at radius 3 is 3.14 bits per heavy atom. The van der Waals surface area contributed by atoms with Gasteiger partial charge in [0, 0.05) is 18.5 Å². The van der Waals surface area contributed by atoms with Gasteiger partial charge in [0.05, 0.1) is 23.6 Å². The zero-order chi connectivity index (χ0) is 15.0. The van der Waals surface area contributed by atoms with Crippen molar-refractivity contribution in [3.63, 3.8) is 0 Å². The zero-order valence-corrected chi connectivity index (χ0v) is 12.9. The van der Waals surface area contributed by atoms with E-state index in [1.165, 1.54) is 0 Å². The number of aryl methyl sites for hydroxylation is 3. The van der Waals surface area contributed by atoms with E-state index in [4.69, 9.17) is 16.0 Å². The summed E-state index contributed by atoms with van der Waals surface area (Å²) >= 11 is 6.24. The summed E-state index contributed by atoms with van der Waals surface area (Å²) in [4.78, 5) is 12.5. The second kappa shape index (κ2) is 5.56. The highest BCUT2D eigenvalue weighted by atomic mass is 35.5. The normalized spacial score (nSPS) is 17.6. The van der Waals surface area contributed by atoms with Crippen molar-refractivity contribution in [1.82, 2.24) is 15.1 Å². The number of aromatic nitrogens is 2. The van der Waals surface area contributed by atoms with Crippen LogP contribution in [0, 0.1) is 6.92 Å². The molecule has 1 aliphatic rings. The first-order valence-electron chi connectivity index (χ1n) is 7.21. The fourth-order valence-electron chi connectivity index (χ4n) is 2.89. The van der Waals surface area contributed by atoms with Gasteiger partial charge < -0.3 is 9.73 Å². The minimum absolute atomic E-state index is 0.0135. The molecule has 0 fully saturated rings. The third-order valence-electron chi connectivity index (χ3n) is 3.95. The fraction of sp³-hybridized carbons (Fsp3) is 0.467. The lowest BCUT2D eigenvalue weighted by Crippen LogP contribution is -2.30. The van der Waals surface area contributed by atoms with Gasteiger partial charge >= 0.3 is 0 Å². The molecule has 2 aromatic heterocycles. The molecular formula is C15H18ClN3O2. The number of nitrogens with one attached hydrogen (secondary N) is 1. The van der Waals surface area contributed by atoms with Crippen LogP contribution >= 0.6 is 11.6 Å². The predicted molar refractivity (Wildman–Crippen MR) is 79.5 cm³/mol. The molecule has 0 saturated carbocycles. The molecule has 2 aromatic rings. The highest BCUT2D eigenvalue weighted by Crippen LogP contribution is 2.31. The first kappa shape index (κ1) is 14.2. The highest BCUT2D eigenvalue weighted by Gasteiger charge is 2.27. The average molecular weight is 308 g/mol. The smallest absolute Gasteiger partial charge is 0.256 e. The molecule has 0 aromatic carbocycles. The molecule has 0 spiro atoms. The summed E-state index contributed by atoms with van der Waals surface area (Å²) in [7, 11) is 0. The monoisotopic (exact) mass is 307 g/mol. The Bertz CT molecular complexity index is 675. The second-order valence-electron chi connectivity index (χ2n) is 5.28. The van der Waals surface area contributed by atoms with E-state index >= 15 is 0 Å². The maximum Gasteiger partial charge on any atom is 0.256 e. The van der Waals surface area contributed by atoms with Crippen molar-refractivity contribution >= 4 is 17.5 Å². The van der Waals surface area contributed by atoms with E-state index in [0.717, 1.165) is 30.6 Å². The quantitative estimate of drug-likeness (QED) is 0.946. The molecule has 5 nitrogen and oxygen atoms in total. The molecule has 112 valence electrons. The van der Waals surface area contributed by atoms with Gasteiger partial charge in [0.15, 0.2) is 0 Å². The number of furan rings is 1. The van der Waals surface area contributed by atoms with E-state index in [-0.39, 0.29) is 11.9 Å². The summed E-state index contributed by atoms with van der Waals surface area (Å²) in [5.74, 6) is 0.801.